The fourth-order valence-electron chi connectivity index (χ4n) is 6.59. The number of carbonyl (C=O) groups is 4. The lowest BCUT2D eigenvalue weighted by molar-refractivity contribution is -0.156. The molecule has 2 aromatic carbocycles. The molecule has 2 aromatic rings. The van der Waals surface area contributed by atoms with Crippen LogP contribution in [0.15, 0.2) is 72.8 Å². The molecule has 0 radical (unpaired) electrons. The minimum absolute atomic E-state index is 0.114. The van der Waals surface area contributed by atoms with Crippen LogP contribution in [0.4, 0.5) is 11.4 Å². The van der Waals surface area contributed by atoms with Crippen molar-refractivity contribution in [3.63, 3.8) is 0 Å². The monoisotopic (exact) mass is 598 g/mol. The molecule has 2 fully saturated rings. The second-order valence-electron chi connectivity index (χ2n) is 12.1. The second kappa shape index (κ2) is 13.2. The number of esters is 2. The van der Waals surface area contributed by atoms with Crippen LogP contribution in [-0.2, 0) is 39.9 Å². The highest BCUT2D eigenvalue weighted by molar-refractivity contribution is 6.11. The first-order valence-electron chi connectivity index (χ1n) is 15.9. The molecule has 2 atom stereocenters. The highest BCUT2D eigenvalue weighted by Crippen LogP contribution is 2.50. The first-order valence-corrected chi connectivity index (χ1v) is 15.9. The molecule has 6 rings (SSSR count). The van der Waals surface area contributed by atoms with Gasteiger partial charge in [0.15, 0.2) is 0 Å². The van der Waals surface area contributed by atoms with Crippen LogP contribution in [-0.4, -0.2) is 30.3 Å². The van der Waals surface area contributed by atoms with E-state index < -0.39 is 23.1 Å². The van der Waals surface area contributed by atoms with E-state index in [9.17, 15) is 19.2 Å². The molecule has 8 nitrogen and oxygen atoms in total. The Morgan fingerprint density at radius 2 is 1.23 bits per heavy atom. The molecular formula is C36H42N2O6. The summed E-state index contributed by atoms with van der Waals surface area (Å²) >= 11 is 0. The predicted molar refractivity (Wildman–Crippen MR) is 169 cm³/mol. The fourth-order valence-corrected chi connectivity index (χ4v) is 6.59. The maximum Gasteiger partial charge on any atom is 0.335 e. The molecular weight excluding hydrogens is 556 g/mol. The Bertz CT molecular complexity index is 1440. The molecule has 0 bridgehead atoms. The smallest absolute Gasteiger partial charge is 0.335 e. The van der Waals surface area contributed by atoms with E-state index in [1.165, 1.54) is 51.4 Å². The number of carbonyl (C=O) groups excluding carboxylic acids is 4. The highest BCUT2D eigenvalue weighted by Gasteiger charge is 2.58. The molecule has 0 saturated carbocycles. The summed E-state index contributed by atoms with van der Waals surface area (Å²) in [5.41, 5.74) is 1.47. The van der Waals surface area contributed by atoms with Gasteiger partial charge in [-0.15, -0.1) is 0 Å². The standard InChI is InChI=1S/C24H33NO3.C12H9NO3/c1-3-4-5-6-7-8-9-10-11-14-17-25-21-16-13-12-15-20(21)24(23(25)27)18-19(2)22(26)28-24;1-7-6-12(16-10(7)14)8-4-2-3-5-9(8)13-11(12)15/h12-13,15-16H,2-11,14,17-18H2,1H3;2-5H,1,6H2,(H,13,15). The molecule has 2 amide bonds. The van der Waals surface area contributed by atoms with Crippen LogP contribution in [0.2, 0.25) is 0 Å². The molecule has 4 heterocycles. The van der Waals surface area contributed by atoms with Crippen LogP contribution in [0.25, 0.3) is 0 Å². The van der Waals surface area contributed by atoms with Gasteiger partial charge in [0.05, 0.1) is 5.69 Å². The summed E-state index contributed by atoms with van der Waals surface area (Å²) in [6, 6.07) is 14.9. The third-order valence-electron chi connectivity index (χ3n) is 8.97. The molecule has 1 N–H and O–H groups in total. The Kier molecular flexibility index (Phi) is 9.37. The number of unbranched alkanes of at least 4 members (excludes halogenated alkanes) is 9. The van der Waals surface area contributed by atoms with E-state index in [2.05, 4.69) is 25.4 Å². The number of anilines is 2. The maximum atomic E-state index is 13.2. The molecule has 8 heteroatoms. The molecule has 232 valence electrons. The van der Waals surface area contributed by atoms with Gasteiger partial charge in [0.2, 0.25) is 11.2 Å². The van der Waals surface area contributed by atoms with Crippen molar-refractivity contribution in [1.29, 1.82) is 0 Å². The van der Waals surface area contributed by atoms with Gasteiger partial charge >= 0.3 is 11.9 Å². The Balaban J connectivity index is 0.000000201. The number of para-hydroxylation sites is 2. The second-order valence-corrected chi connectivity index (χ2v) is 12.1. The summed E-state index contributed by atoms with van der Waals surface area (Å²) in [7, 11) is 0. The van der Waals surface area contributed by atoms with E-state index in [0.717, 1.165) is 24.1 Å². The van der Waals surface area contributed by atoms with E-state index >= 15 is 0 Å². The van der Waals surface area contributed by atoms with E-state index in [4.69, 9.17) is 9.47 Å². The summed E-state index contributed by atoms with van der Waals surface area (Å²) < 4.78 is 10.8. The highest BCUT2D eigenvalue weighted by atomic mass is 16.6. The minimum atomic E-state index is -1.18. The van der Waals surface area contributed by atoms with Gasteiger partial charge in [0, 0.05) is 47.3 Å². The zero-order valence-corrected chi connectivity index (χ0v) is 25.6. The topological polar surface area (TPSA) is 102 Å². The lowest BCUT2D eigenvalue weighted by atomic mass is 9.91. The van der Waals surface area contributed by atoms with Gasteiger partial charge < -0.3 is 19.7 Å². The molecule has 44 heavy (non-hydrogen) atoms. The van der Waals surface area contributed by atoms with Gasteiger partial charge in [-0.25, -0.2) is 9.59 Å². The van der Waals surface area contributed by atoms with Gasteiger partial charge in [-0.2, -0.15) is 0 Å². The number of ether oxygens (including phenoxy) is 2. The van der Waals surface area contributed by atoms with Gasteiger partial charge in [0.1, 0.15) is 0 Å². The van der Waals surface area contributed by atoms with Crippen LogP contribution in [0.5, 0.6) is 0 Å². The number of nitrogens with zero attached hydrogens (tertiary/aromatic N) is 1. The van der Waals surface area contributed by atoms with E-state index in [-0.39, 0.29) is 24.7 Å². The quantitative estimate of drug-likeness (QED) is 0.170. The van der Waals surface area contributed by atoms with Crippen LogP contribution in [0.3, 0.4) is 0 Å². The predicted octanol–water partition coefficient (Wildman–Crippen LogP) is 6.99. The van der Waals surface area contributed by atoms with Crippen LogP contribution >= 0.6 is 0 Å². The summed E-state index contributed by atoms with van der Waals surface area (Å²) in [5, 5.41) is 2.71. The number of hydrogen-bond donors (Lipinski definition) is 1. The summed E-state index contributed by atoms with van der Waals surface area (Å²) in [6.07, 6.45) is 13.1. The van der Waals surface area contributed by atoms with E-state index in [1.54, 1.807) is 12.1 Å². The van der Waals surface area contributed by atoms with Gasteiger partial charge in [0.25, 0.3) is 11.8 Å². The van der Waals surface area contributed by atoms with Crippen LogP contribution in [0.1, 0.15) is 95.1 Å². The summed E-state index contributed by atoms with van der Waals surface area (Å²) in [5.74, 6) is -1.35. The average Bonchev–Trinajstić information content (AvgIpc) is 3.66. The van der Waals surface area contributed by atoms with Crippen molar-refractivity contribution >= 4 is 35.1 Å². The Morgan fingerprint density at radius 1 is 0.705 bits per heavy atom. The van der Waals surface area contributed by atoms with Crippen molar-refractivity contribution in [3.8, 4) is 0 Å². The first kappa shape index (κ1) is 31.2. The largest absolute Gasteiger partial charge is 0.440 e. The number of fused-ring (bicyclic) bond motifs is 4. The third kappa shape index (κ3) is 5.82. The molecule has 4 aliphatic rings. The zero-order chi connectivity index (χ0) is 31.3. The Morgan fingerprint density at radius 3 is 1.82 bits per heavy atom. The summed E-state index contributed by atoms with van der Waals surface area (Å²) in [6.45, 7) is 10.3. The molecule has 4 aliphatic heterocycles. The maximum absolute atomic E-state index is 13.2. The number of rotatable bonds is 11. The lowest BCUT2D eigenvalue weighted by Gasteiger charge is -2.22. The average molecular weight is 599 g/mol. The third-order valence-corrected chi connectivity index (χ3v) is 8.97. The molecule has 2 saturated heterocycles. The fraction of sp³-hybridized carbons (Fsp3) is 0.444. The van der Waals surface area contributed by atoms with Crippen LogP contribution < -0.4 is 10.2 Å². The number of hydrogen-bond acceptors (Lipinski definition) is 6. The molecule has 2 spiro atoms. The van der Waals surface area contributed by atoms with Crippen molar-refractivity contribution in [2.45, 2.75) is 95.2 Å². The van der Waals surface area contributed by atoms with Crippen molar-refractivity contribution in [2.75, 3.05) is 16.8 Å². The molecule has 0 aliphatic carbocycles. The van der Waals surface area contributed by atoms with E-state index in [1.807, 2.05) is 41.3 Å². The first-order chi connectivity index (χ1) is 21.2. The summed E-state index contributed by atoms with van der Waals surface area (Å²) in [4.78, 5) is 50.2. The van der Waals surface area contributed by atoms with Crippen molar-refractivity contribution in [1.82, 2.24) is 0 Å². The lowest BCUT2D eigenvalue weighted by Crippen LogP contribution is -2.40. The van der Waals surface area contributed by atoms with Gasteiger partial charge in [-0.1, -0.05) is 114 Å². The van der Waals surface area contributed by atoms with Crippen molar-refractivity contribution in [2.24, 2.45) is 0 Å². The normalized spacial score (nSPS) is 23.1. The SMILES string of the molecule is C=C1CC2(OC1=O)C(=O)N(CCCCCCCCCCCC)c1ccccc12.C=C1CC2(OC1=O)C(=O)Nc1ccccc12. The number of benzene rings is 2. The van der Waals surface area contributed by atoms with Crippen molar-refractivity contribution < 1.29 is 28.7 Å². The number of amides is 2. The van der Waals surface area contributed by atoms with Crippen molar-refractivity contribution in [3.05, 3.63) is 84.0 Å². The van der Waals surface area contributed by atoms with Crippen LogP contribution in [0, 0.1) is 0 Å². The van der Waals surface area contributed by atoms with Gasteiger partial charge in [-0.05, 0) is 18.6 Å². The minimum Gasteiger partial charge on any atom is -0.440 e. The zero-order valence-electron chi connectivity index (χ0n) is 25.6. The van der Waals surface area contributed by atoms with E-state index in [0.29, 0.717) is 28.9 Å². The number of nitrogens with one attached hydrogen (secondary N) is 1. The van der Waals surface area contributed by atoms with Gasteiger partial charge in [-0.3, -0.25) is 9.59 Å². The molecule has 0 aromatic heterocycles. The molecule has 2 unspecified atom stereocenters. The Hall–Kier alpha value is -4.20. The Labute approximate surface area is 259 Å².